The van der Waals surface area contributed by atoms with Crippen LogP contribution in [-0.4, -0.2) is 52.5 Å². The zero-order valence-corrected chi connectivity index (χ0v) is 15.3. The van der Waals surface area contributed by atoms with Gasteiger partial charge in [-0.2, -0.15) is 0 Å². The number of rotatable bonds is 6. The molecule has 25 heavy (non-hydrogen) atoms. The average molecular weight is 372 g/mol. The molecule has 11 heteroatoms. The van der Waals surface area contributed by atoms with E-state index in [2.05, 4.69) is 25.6 Å². The number of thiazole rings is 1. The molecule has 0 radical (unpaired) electrons. The smallest absolute Gasteiger partial charge is 0.408 e. The van der Waals surface area contributed by atoms with Gasteiger partial charge < -0.3 is 25.3 Å². The Bertz CT molecular complexity index is 679. The first-order valence-electron chi connectivity index (χ1n) is 7.14. The molecule has 1 heterocycles. The van der Waals surface area contributed by atoms with Crippen molar-refractivity contribution in [3.8, 4) is 0 Å². The van der Waals surface area contributed by atoms with Crippen molar-refractivity contribution in [1.29, 1.82) is 0 Å². The molecule has 0 fully saturated rings. The number of carboxylic acids is 1. The number of aliphatic carboxylic acids is 1. The molecule has 0 saturated heterocycles. The monoisotopic (exact) mass is 372 g/mol. The molecule has 10 nitrogen and oxygen atoms in total. The summed E-state index contributed by atoms with van der Waals surface area (Å²) in [6, 6.07) is -0.881. The van der Waals surface area contributed by atoms with Crippen molar-refractivity contribution >= 4 is 40.1 Å². The van der Waals surface area contributed by atoms with Gasteiger partial charge in [0.1, 0.15) is 24.4 Å². The molecule has 0 spiro atoms. The molecule has 0 unspecified atom stereocenters. The summed E-state index contributed by atoms with van der Waals surface area (Å²) >= 11 is 1.01. The second kappa shape index (κ2) is 8.42. The van der Waals surface area contributed by atoms with E-state index in [1.54, 1.807) is 20.8 Å². The summed E-state index contributed by atoms with van der Waals surface area (Å²) in [7, 11) is 1.21. The third kappa shape index (κ3) is 6.75. The number of carboxylic acid groups (broad SMARTS) is 1. The van der Waals surface area contributed by atoms with Crippen LogP contribution in [-0.2, 0) is 19.2 Å². The van der Waals surface area contributed by atoms with Gasteiger partial charge in [0.15, 0.2) is 5.13 Å². The Balaban J connectivity index is 2.70. The van der Waals surface area contributed by atoms with Crippen molar-refractivity contribution in [2.45, 2.75) is 39.3 Å². The Morgan fingerprint density at radius 3 is 2.52 bits per heavy atom. The van der Waals surface area contributed by atoms with Crippen molar-refractivity contribution in [3.63, 3.8) is 0 Å². The predicted octanol–water partition coefficient (Wildman–Crippen LogP) is 1.43. The van der Waals surface area contributed by atoms with Crippen LogP contribution in [0.25, 0.3) is 0 Å². The number of amides is 2. The minimum atomic E-state index is -1.31. The first-order chi connectivity index (χ1) is 11.5. The lowest BCUT2D eigenvalue weighted by Crippen LogP contribution is -2.43. The zero-order valence-electron chi connectivity index (χ0n) is 14.4. The van der Waals surface area contributed by atoms with Crippen molar-refractivity contribution in [2.75, 3.05) is 12.4 Å². The van der Waals surface area contributed by atoms with Gasteiger partial charge in [-0.1, -0.05) is 5.16 Å². The highest BCUT2D eigenvalue weighted by Crippen LogP contribution is 2.17. The van der Waals surface area contributed by atoms with E-state index in [1.807, 2.05) is 0 Å². The van der Waals surface area contributed by atoms with E-state index in [0.717, 1.165) is 11.3 Å². The van der Waals surface area contributed by atoms with Crippen molar-refractivity contribution in [2.24, 2.45) is 5.16 Å². The third-order valence-electron chi connectivity index (χ3n) is 2.49. The maximum Gasteiger partial charge on any atom is 0.408 e. The third-order valence-corrected chi connectivity index (χ3v) is 3.25. The summed E-state index contributed by atoms with van der Waals surface area (Å²) in [4.78, 5) is 43.2. The van der Waals surface area contributed by atoms with Crippen LogP contribution in [0.4, 0.5) is 9.93 Å². The number of aromatic nitrogens is 1. The maximum absolute atomic E-state index is 12.1. The molecule has 0 bridgehead atoms. The number of hydrogen-bond donors (Lipinski definition) is 3. The van der Waals surface area contributed by atoms with Crippen LogP contribution in [0, 0.1) is 0 Å². The predicted molar refractivity (Wildman–Crippen MR) is 90.8 cm³/mol. The fourth-order valence-electron chi connectivity index (χ4n) is 1.49. The fourth-order valence-corrected chi connectivity index (χ4v) is 2.19. The maximum atomic E-state index is 12.1. The normalized spacial score (nSPS) is 12.9. The molecule has 0 aromatic carbocycles. The van der Waals surface area contributed by atoms with E-state index in [4.69, 9.17) is 9.84 Å². The number of nitrogens with zero attached hydrogens (tertiary/aromatic N) is 2. The highest BCUT2D eigenvalue weighted by Gasteiger charge is 2.22. The standard InChI is InChI=1S/C14H20N4O6S/c1-7(15-13(22)24-14(2,3)4)10(19)17-12-16-8(6-25-12)9(11(20)21)18-23-5/h6-7H,1-5H3,(H,15,22)(H,20,21)(H,16,17,19)/b18-9-/t7-/m0/s1. The second-order valence-electron chi connectivity index (χ2n) is 5.82. The Morgan fingerprint density at radius 1 is 1.36 bits per heavy atom. The first kappa shape index (κ1) is 20.4. The van der Waals surface area contributed by atoms with Crippen molar-refractivity contribution < 1.29 is 29.1 Å². The van der Waals surface area contributed by atoms with Gasteiger partial charge in [0.05, 0.1) is 0 Å². The summed E-state index contributed by atoms with van der Waals surface area (Å²) in [5.74, 6) is -1.85. The van der Waals surface area contributed by atoms with E-state index < -0.39 is 29.6 Å². The molecule has 0 aliphatic carbocycles. The van der Waals surface area contributed by atoms with Gasteiger partial charge >= 0.3 is 12.1 Å². The van der Waals surface area contributed by atoms with Gasteiger partial charge in [-0.25, -0.2) is 14.6 Å². The van der Waals surface area contributed by atoms with Crippen LogP contribution in [0.2, 0.25) is 0 Å². The fraction of sp³-hybridized carbons (Fsp3) is 0.500. The molecular formula is C14H20N4O6S. The van der Waals surface area contributed by atoms with Crippen LogP contribution in [0.1, 0.15) is 33.4 Å². The molecule has 2 amide bonds. The lowest BCUT2D eigenvalue weighted by Gasteiger charge is -2.21. The van der Waals surface area contributed by atoms with Crippen LogP contribution < -0.4 is 10.6 Å². The second-order valence-corrected chi connectivity index (χ2v) is 6.68. The SMILES string of the molecule is CO/N=C(\C(=O)O)c1csc(NC(=O)[C@H](C)NC(=O)OC(C)(C)C)n1. The Morgan fingerprint density at radius 2 is 2.00 bits per heavy atom. The highest BCUT2D eigenvalue weighted by atomic mass is 32.1. The number of alkyl carbamates (subject to hydrolysis) is 1. The number of nitrogens with one attached hydrogen (secondary N) is 2. The minimum Gasteiger partial charge on any atom is -0.476 e. The largest absolute Gasteiger partial charge is 0.476 e. The van der Waals surface area contributed by atoms with E-state index in [0.29, 0.717) is 0 Å². The number of oxime groups is 1. The summed E-state index contributed by atoms with van der Waals surface area (Å²) < 4.78 is 5.06. The van der Waals surface area contributed by atoms with Crippen molar-refractivity contribution in [1.82, 2.24) is 10.3 Å². The number of carbonyl (C=O) groups is 3. The number of carbonyl (C=O) groups excluding carboxylic acids is 2. The molecule has 1 rings (SSSR count). The van der Waals surface area contributed by atoms with Crippen LogP contribution in [0.3, 0.4) is 0 Å². The lowest BCUT2D eigenvalue weighted by atomic mass is 10.2. The molecular weight excluding hydrogens is 352 g/mol. The van der Waals surface area contributed by atoms with Crippen LogP contribution in [0.15, 0.2) is 10.5 Å². The molecule has 0 aliphatic heterocycles. The minimum absolute atomic E-state index is 0.0439. The van der Waals surface area contributed by atoms with Gasteiger partial charge in [-0.15, -0.1) is 11.3 Å². The van der Waals surface area contributed by atoms with E-state index >= 15 is 0 Å². The van der Waals surface area contributed by atoms with Gasteiger partial charge in [0.25, 0.3) is 0 Å². The van der Waals surface area contributed by atoms with Gasteiger partial charge in [0, 0.05) is 5.38 Å². The molecule has 3 N–H and O–H groups in total. The summed E-state index contributed by atoms with van der Waals surface area (Å²) in [6.45, 7) is 6.59. The quantitative estimate of drug-likeness (QED) is 0.507. The van der Waals surface area contributed by atoms with E-state index in [9.17, 15) is 14.4 Å². The summed E-state index contributed by atoms with van der Waals surface area (Å²) in [5, 5.41) is 18.8. The molecule has 0 aliphatic rings. The lowest BCUT2D eigenvalue weighted by molar-refractivity contribution is -0.129. The van der Waals surface area contributed by atoms with Crippen LogP contribution >= 0.6 is 11.3 Å². The van der Waals surface area contributed by atoms with Gasteiger partial charge in [-0.3, -0.25) is 4.79 Å². The topological polar surface area (TPSA) is 139 Å². The number of ether oxygens (including phenoxy) is 1. The van der Waals surface area contributed by atoms with Crippen LogP contribution in [0.5, 0.6) is 0 Å². The summed E-state index contributed by atoms with van der Waals surface area (Å²) in [6.07, 6.45) is -0.727. The molecule has 138 valence electrons. The van der Waals surface area contributed by atoms with Gasteiger partial charge in [0.2, 0.25) is 11.6 Å². The Hall–Kier alpha value is -2.69. The molecule has 1 atom stereocenters. The van der Waals surface area contributed by atoms with E-state index in [-0.39, 0.29) is 16.5 Å². The molecule has 1 aromatic rings. The van der Waals surface area contributed by atoms with Gasteiger partial charge in [-0.05, 0) is 27.7 Å². The Labute approximate surface area is 148 Å². The summed E-state index contributed by atoms with van der Waals surface area (Å²) in [5.41, 5.74) is -1.03. The highest BCUT2D eigenvalue weighted by molar-refractivity contribution is 7.14. The Kier molecular flexibility index (Phi) is 6.86. The van der Waals surface area contributed by atoms with Crippen molar-refractivity contribution in [3.05, 3.63) is 11.1 Å². The van der Waals surface area contributed by atoms with E-state index in [1.165, 1.54) is 19.4 Å². The molecule has 0 saturated carbocycles. The number of anilines is 1. The average Bonchev–Trinajstić information content (AvgIpc) is 2.90. The number of hydrogen-bond acceptors (Lipinski definition) is 8. The zero-order chi connectivity index (χ0) is 19.2. The molecule has 1 aromatic heterocycles. The first-order valence-corrected chi connectivity index (χ1v) is 8.02.